The Balaban J connectivity index is 2.01. The van der Waals surface area contributed by atoms with E-state index in [4.69, 9.17) is 4.74 Å². The van der Waals surface area contributed by atoms with Crippen LogP contribution in [0.5, 0.6) is 5.75 Å². The third-order valence-electron chi connectivity index (χ3n) is 5.27. The van der Waals surface area contributed by atoms with Crippen molar-refractivity contribution >= 4 is 23.1 Å². The van der Waals surface area contributed by atoms with E-state index in [1.807, 2.05) is 48.5 Å². The zero-order chi connectivity index (χ0) is 19.0. The van der Waals surface area contributed by atoms with Gasteiger partial charge in [0.25, 0.3) is 0 Å². The van der Waals surface area contributed by atoms with E-state index < -0.39 is 12.0 Å². The maximum Gasteiger partial charge on any atom is 0.224 e. The number of para-hydroxylation sites is 3. The zero-order valence-corrected chi connectivity index (χ0v) is 15.4. The summed E-state index contributed by atoms with van der Waals surface area (Å²) in [5.74, 6) is 0.243. The Morgan fingerprint density at radius 1 is 1.15 bits per heavy atom. The summed E-state index contributed by atoms with van der Waals surface area (Å²) in [6.07, 6.45) is 3.26. The van der Waals surface area contributed by atoms with Crippen molar-refractivity contribution in [1.29, 1.82) is 0 Å². The van der Waals surface area contributed by atoms with Gasteiger partial charge in [0.15, 0.2) is 0 Å². The Hall–Kier alpha value is -3.08. The quantitative estimate of drug-likeness (QED) is 0.875. The average molecular weight is 362 g/mol. The van der Waals surface area contributed by atoms with E-state index in [1.165, 1.54) is 0 Å². The van der Waals surface area contributed by atoms with Crippen LogP contribution in [0.4, 0.5) is 11.4 Å². The minimum atomic E-state index is -0.464. The molecule has 0 radical (unpaired) electrons. The lowest BCUT2D eigenvalue weighted by Crippen LogP contribution is -2.41. The maximum absolute atomic E-state index is 13.0. The second kappa shape index (κ2) is 6.91. The second-order valence-electron chi connectivity index (χ2n) is 6.86. The first-order chi connectivity index (χ1) is 13.1. The van der Waals surface area contributed by atoms with Crippen LogP contribution in [0.3, 0.4) is 0 Å². The highest BCUT2D eigenvalue weighted by atomic mass is 16.5. The van der Waals surface area contributed by atoms with Gasteiger partial charge in [0.05, 0.1) is 30.4 Å². The average Bonchev–Trinajstić information content (AvgIpc) is 2.82. The lowest BCUT2D eigenvalue weighted by molar-refractivity contribution is -0.123. The molecular formula is C22H22N2O3. The number of carbonyl (C=O) groups is 2. The molecule has 1 N–H and O–H groups in total. The van der Waals surface area contributed by atoms with Crippen LogP contribution >= 0.6 is 0 Å². The number of fused-ring (bicyclic) bond motifs is 2. The molecule has 0 unspecified atom stereocenters. The molecule has 138 valence electrons. The number of hydrogen-bond donors (Lipinski definition) is 1. The largest absolute Gasteiger partial charge is 0.496 e. The predicted molar refractivity (Wildman–Crippen MR) is 105 cm³/mol. The number of Topliss-reactive ketones (excluding diaryl/α,β-unsaturated/α-hetero) is 1. The number of benzene rings is 2. The fourth-order valence-electron chi connectivity index (χ4n) is 4.14. The number of carbonyl (C=O) groups excluding carboxylic acids is 2. The molecule has 1 amide bonds. The van der Waals surface area contributed by atoms with Gasteiger partial charge in [-0.15, -0.1) is 0 Å². The first-order valence-electron chi connectivity index (χ1n) is 9.13. The molecule has 2 atom stereocenters. The zero-order valence-electron chi connectivity index (χ0n) is 15.4. The minimum absolute atomic E-state index is 0.111. The van der Waals surface area contributed by atoms with Crippen LogP contribution in [0.25, 0.3) is 0 Å². The van der Waals surface area contributed by atoms with Crippen molar-refractivity contribution in [2.24, 2.45) is 5.92 Å². The SMILES string of the molecule is COc1ccccc1[C@H]1[C@@H]2C(=O)CCC=C2Nc2ccccc2N1C(C)=O. The van der Waals surface area contributed by atoms with E-state index in [9.17, 15) is 9.59 Å². The van der Waals surface area contributed by atoms with Crippen molar-refractivity contribution in [3.63, 3.8) is 0 Å². The van der Waals surface area contributed by atoms with E-state index in [2.05, 4.69) is 11.4 Å². The lowest BCUT2D eigenvalue weighted by Gasteiger charge is -2.36. The molecule has 0 saturated heterocycles. The summed E-state index contributed by atoms with van der Waals surface area (Å²) in [6.45, 7) is 1.54. The number of amides is 1. The van der Waals surface area contributed by atoms with Crippen LogP contribution in [0.15, 0.2) is 60.3 Å². The molecule has 0 fully saturated rings. The fraction of sp³-hybridized carbons (Fsp3) is 0.273. The first-order valence-corrected chi connectivity index (χ1v) is 9.13. The lowest BCUT2D eigenvalue weighted by atomic mass is 9.81. The Bertz CT molecular complexity index is 935. The highest BCUT2D eigenvalue weighted by molar-refractivity contribution is 6.00. The Morgan fingerprint density at radius 2 is 1.89 bits per heavy atom. The summed E-state index contributed by atoms with van der Waals surface area (Å²) in [5.41, 5.74) is 3.29. The Kier molecular flexibility index (Phi) is 4.44. The molecule has 5 heteroatoms. The molecule has 0 saturated carbocycles. The molecule has 0 bridgehead atoms. The molecule has 1 heterocycles. The standard InChI is InChI=1S/C22H22N2O3/c1-14(25)24-18-11-5-4-9-16(18)23-17-10-7-12-19(26)21(17)22(24)15-8-3-6-13-20(15)27-2/h3-6,8-11,13,21-23H,7,12H2,1-2H3/t21-,22-/m0/s1. The van der Waals surface area contributed by atoms with Crippen molar-refractivity contribution in [1.82, 2.24) is 0 Å². The van der Waals surface area contributed by atoms with Crippen molar-refractivity contribution in [3.05, 3.63) is 65.9 Å². The van der Waals surface area contributed by atoms with Crippen molar-refractivity contribution in [2.45, 2.75) is 25.8 Å². The molecule has 0 aromatic heterocycles. The topological polar surface area (TPSA) is 58.6 Å². The summed E-state index contributed by atoms with van der Waals surface area (Å²) in [5, 5.41) is 3.42. The van der Waals surface area contributed by atoms with Crippen LogP contribution in [-0.2, 0) is 9.59 Å². The van der Waals surface area contributed by atoms with E-state index in [0.717, 1.165) is 22.6 Å². The monoisotopic (exact) mass is 362 g/mol. The van der Waals surface area contributed by atoms with Gasteiger partial charge in [0, 0.05) is 24.6 Å². The molecule has 4 rings (SSSR count). The molecule has 1 aliphatic carbocycles. The fourth-order valence-corrected chi connectivity index (χ4v) is 4.14. The van der Waals surface area contributed by atoms with E-state index in [0.29, 0.717) is 18.6 Å². The summed E-state index contributed by atoms with van der Waals surface area (Å²) in [6, 6.07) is 14.8. The smallest absolute Gasteiger partial charge is 0.224 e. The number of allylic oxidation sites excluding steroid dienone is 1. The Morgan fingerprint density at radius 3 is 2.67 bits per heavy atom. The van der Waals surface area contributed by atoms with E-state index in [-0.39, 0.29) is 11.7 Å². The third-order valence-corrected chi connectivity index (χ3v) is 5.27. The van der Waals surface area contributed by atoms with Gasteiger partial charge >= 0.3 is 0 Å². The van der Waals surface area contributed by atoms with Gasteiger partial charge in [-0.25, -0.2) is 0 Å². The number of ketones is 1. The van der Waals surface area contributed by atoms with E-state index in [1.54, 1.807) is 18.9 Å². The van der Waals surface area contributed by atoms with Gasteiger partial charge in [-0.05, 0) is 24.6 Å². The van der Waals surface area contributed by atoms with Crippen LogP contribution in [-0.4, -0.2) is 18.8 Å². The Labute approximate surface area is 158 Å². The number of rotatable bonds is 2. The summed E-state index contributed by atoms with van der Waals surface area (Å²) in [7, 11) is 1.61. The molecule has 27 heavy (non-hydrogen) atoms. The molecule has 0 spiro atoms. The summed E-state index contributed by atoms with van der Waals surface area (Å²) in [4.78, 5) is 27.6. The third kappa shape index (κ3) is 2.89. The number of ether oxygens (including phenoxy) is 1. The van der Waals surface area contributed by atoms with Gasteiger partial charge in [-0.3, -0.25) is 9.59 Å². The summed E-state index contributed by atoms with van der Waals surface area (Å²) < 4.78 is 5.58. The number of anilines is 2. The summed E-state index contributed by atoms with van der Waals surface area (Å²) >= 11 is 0. The van der Waals surface area contributed by atoms with Crippen LogP contribution < -0.4 is 15.0 Å². The maximum atomic E-state index is 13.0. The van der Waals surface area contributed by atoms with Crippen molar-refractivity contribution < 1.29 is 14.3 Å². The van der Waals surface area contributed by atoms with E-state index >= 15 is 0 Å². The highest BCUT2D eigenvalue weighted by Crippen LogP contribution is 2.47. The molecular weight excluding hydrogens is 340 g/mol. The molecule has 1 aliphatic heterocycles. The molecule has 2 aromatic carbocycles. The van der Waals surface area contributed by atoms with Gasteiger partial charge in [0.2, 0.25) is 5.91 Å². The first kappa shape index (κ1) is 17.3. The van der Waals surface area contributed by atoms with Crippen LogP contribution in [0.2, 0.25) is 0 Å². The normalized spacial score (nSPS) is 21.3. The van der Waals surface area contributed by atoms with Crippen LogP contribution in [0.1, 0.15) is 31.4 Å². The highest BCUT2D eigenvalue weighted by Gasteiger charge is 2.43. The number of hydrogen-bond acceptors (Lipinski definition) is 4. The number of methoxy groups -OCH3 is 1. The molecule has 5 nitrogen and oxygen atoms in total. The second-order valence-corrected chi connectivity index (χ2v) is 6.86. The van der Waals surface area contributed by atoms with Gasteiger partial charge in [-0.1, -0.05) is 36.4 Å². The van der Waals surface area contributed by atoms with Gasteiger partial charge in [0.1, 0.15) is 11.5 Å². The molecule has 2 aromatic rings. The number of nitrogens with zero attached hydrogens (tertiary/aromatic N) is 1. The van der Waals surface area contributed by atoms with Gasteiger partial charge in [-0.2, -0.15) is 0 Å². The minimum Gasteiger partial charge on any atom is -0.496 e. The van der Waals surface area contributed by atoms with Gasteiger partial charge < -0.3 is 15.0 Å². The molecule has 2 aliphatic rings. The van der Waals surface area contributed by atoms with Crippen molar-refractivity contribution in [3.8, 4) is 5.75 Å². The van der Waals surface area contributed by atoms with Crippen LogP contribution in [0, 0.1) is 5.92 Å². The predicted octanol–water partition coefficient (Wildman–Crippen LogP) is 4.08. The van der Waals surface area contributed by atoms with Crippen molar-refractivity contribution in [2.75, 3.05) is 17.3 Å². The number of nitrogens with one attached hydrogen (secondary N) is 1.